The lowest BCUT2D eigenvalue weighted by atomic mass is 10.1. The maximum absolute atomic E-state index is 12.3. The van der Waals surface area contributed by atoms with Gasteiger partial charge in [0.05, 0.1) is 12.5 Å². The van der Waals surface area contributed by atoms with Crippen molar-refractivity contribution in [3.8, 4) is 6.07 Å². The Hall–Kier alpha value is -2.71. The van der Waals surface area contributed by atoms with E-state index < -0.39 is 0 Å². The van der Waals surface area contributed by atoms with E-state index in [-0.39, 0.29) is 5.91 Å². The molecule has 122 valence electrons. The summed E-state index contributed by atoms with van der Waals surface area (Å²) in [6, 6.07) is 19.2. The Labute approximate surface area is 147 Å². The number of nitrogens with one attached hydrogen (secondary N) is 1. The van der Waals surface area contributed by atoms with Crippen molar-refractivity contribution in [2.75, 3.05) is 6.54 Å². The molecule has 1 N–H and O–H groups in total. The lowest BCUT2D eigenvalue weighted by Gasteiger charge is -2.24. The fraction of sp³-hybridized carbons (Fsp3) is 0.211. The van der Waals surface area contributed by atoms with E-state index >= 15 is 0 Å². The van der Waals surface area contributed by atoms with Crippen LogP contribution >= 0.6 is 12.2 Å². The van der Waals surface area contributed by atoms with Crippen LogP contribution < -0.4 is 5.32 Å². The van der Waals surface area contributed by atoms with Crippen molar-refractivity contribution in [2.24, 2.45) is 0 Å². The van der Waals surface area contributed by atoms with Crippen LogP contribution in [-0.4, -0.2) is 22.5 Å². The third-order valence-corrected chi connectivity index (χ3v) is 3.89. The van der Waals surface area contributed by atoms with Crippen LogP contribution in [0.3, 0.4) is 0 Å². The lowest BCUT2D eigenvalue weighted by Crippen LogP contribution is -2.42. The van der Waals surface area contributed by atoms with Crippen molar-refractivity contribution in [3.05, 3.63) is 71.3 Å². The first-order valence-corrected chi connectivity index (χ1v) is 8.09. The van der Waals surface area contributed by atoms with Crippen LogP contribution in [0.2, 0.25) is 0 Å². The summed E-state index contributed by atoms with van der Waals surface area (Å²) in [4.78, 5) is 14.1. The van der Waals surface area contributed by atoms with E-state index in [1.54, 1.807) is 12.1 Å². The van der Waals surface area contributed by atoms with Gasteiger partial charge < -0.3 is 4.90 Å². The third kappa shape index (κ3) is 5.18. The Morgan fingerprint density at radius 3 is 2.46 bits per heavy atom. The molecule has 0 fully saturated rings. The zero-order valence-corrected chi connectivity index (χ0v) is 14.3. The highest BCUT2D eigenvalue weighted by atomic mass is 32.1. The van der Waals surface area contributed by atoms with E-state index in [0.717, 1.165) is 11.1 Å². The Bertz CT molecular complexity index is 735. The summed E-state index contributed by atoms with van der Waals surface area (Å²) in [6.45, 7) is 2.99. The molecule has 2 rings (SSSR count). The minimum Gasteiger partial charge on any atom is -0.344 e. The molecule has 0 aromatic heterocycles. The molecule has 0 aliphatic carbocycles. The van der Waals surface area contributed by atoms with Crippen LogP contribution in [-0.2, 0) is 6.54 Å². The zero-order chi connectivity index (χ0) is 17.4. The first kappa shape index (κ1) is 17.6. The van der Waals surface area contributed by atoms with Crippen molar-refractivity contribution in [1.82, 2.24) is 10.2 Å². The molecule has 0 heterocycles. The van der Waals surface area contributed by atoms with Crippen LogP contribution in [0.1, 0.15) is 27.9 Å². The van der Waals surface area contributed by atoms with Crippen molar-refractivity contribution in [3.63, 3.8) is 0 Å². The first-order chi connectivity index (χ1) is 11.6. The molecule has 0 saturated carbocycles. The van der Waals surface area contributed by atoms with Gasteiger partial charge in [-0.25, -0.2) is 0 Å². The Morgan fingerprint density at radius 2 is 1.83 bits per heavy atom. The fourth-order valence-corrected chi connectivity index (χ4v) is 2.44. The van der Waals surface area contributed by atoms with Gasteiger partial charge in [0.15, 0.2) is 5.11 Å². The van der Waals surface area contributed by atoms with Gasteiger partial charge in [0.2, 0.25) is 0 Å². The van der Waals surface area contributed by atoms with E-state index in [4.69, 9.17) is 17.5 Å². The topological polar surface area (TPSA) is 56.1 Å². The predicted octanol–water partition coefficient (Wildman–Crippen LogP) is 3.43. The number of thiocarbonyl (C=S) groups is 1. The van der Waals surface area contributed by atoms with E-state index in [2.05, 4.69) is 11.4 Å². The molecule has 1 amide bonds. The Morgan fingerprint density at radius 1 is 1.17 bits per heavy atom. The van der Waals surface area contributed by atoms with Crippen LogP contribution in [0.15, 0.2) is 54.6 Å². The number of carbonyl (C=O) groups excluding carboxylic acids is 1. The molecule has 0 spiro atoms. The van der Waals surface area contributed by atoms with Crippen molar-refractivity contribution < 1.29 is 4.79 Å². The molecule has 0 aliphatic rings. The number of hydrogen-bond acceptors (Lipinski definition) is 3. The van der Waals surface area contributed by atoms with Crippen molar-refractivity contribution >= 4 is 23.2 Å². The molecular formula is C19H19N3OS. The number of carbonyl (C=O) groups is 1. The summed E-state index contributed by atoms with van der Waals surface area (Å²) < 4.78 is 0. The third-order valence-electron chi connectivity index (χ3n) is 3.53. The smallest absolute Gasteiger partial charge is 0.257 e. The number of aryl methyl sites for hydroxylation is 1. The highest BCUT2D eigenvalue weighted by molar-refractivity contribution is 7.80. The van der Waals surface area contributed by atoms with Gasteiger partial charge in [-0.15, -0.1) is 0 Å². The molecule has 0 radical (unpaired) electrons. The number of amides is 1. The summed E-state index contributed by atoms with van der Waals surface area (Å²) in [5.41, 5.74) is 2.72. The maximum atomic E-state index is 12.3. The number of benzene rings is 2. The molecule has 2 aromatic carbocycles. The monoisotopic (exact) mass is 337 g/mol. The standard InChI is InChI=1S/C19H19N3OS/c1-15-8-10-17(11-9-15)18(23)21-19(24)22(13-5-12-20)14-16-6-3-2-4-7-16/h2-4,6-11H,5,13-14H2,1H3,(H,21,23,24). The largest absolute Gasteiger partial charge is 0.344 e. The number of hydrogen-bond donors (Lipinski definition) is 1. The maximum Gasteiger partial charge on any atom is 0.257 e. The Balaban J connectivity index is 2.05. The van der Waals surface area contributed by atoms with Gasteiger partial charge in [-0.05, 0) is 36.8 Å². The quantitative estimate of drug-likeness (QED) is 0.849. The van der Waals surface area contributed by atoms with Crippen LogP contribution in [0.5, 0.6) is 0 Å². The highest BCUT2D eigenvalue weighted by Crippen LogP contribution is 2.07. The normalized spacial score (nSPS) is 9.83. The minimum atomic E-state index is -0.241. The summed E-state index contributed by atoms with van der Waals surface area (Å²) in [5.74, 6) is -0.241. The van der Waals surface area contributed by atoms with Gasteiger partial charge in [-0.3, -0.25) is 10.1 Å². The fourth-order valence-electron chi connectivity index (χ4n) is 2.19. The second kappa shape index (κ2) is 8.80. The Kier molecular flexibility index (Phi) is 6.47. The summed E-state index contributed by atoms with van der Waals surface area (Å²) in [6.07, 6.45) is 0.341. The van der Waals surface area contributed by atoms with Gasteiger partial charge in [0.1, 0.15) is 0 Å². The lowest BCUT2D eigenvalue weighted by molar-refractivity contribution is 0.0973. The number of rotatable bonds is 5. The van der Waals surface area contributed by atoms with E-state index in [9.17, 15) is 4.79 Å². The molecule has 0 saturated heterocycles. The molecule has 4 nitrogen and oxygen atoms in total. The summed E-state index contributed by atoms with van der Waals surface area (Å²) in [5, 5.41) is 11.9. The summed E-state index contributed by atoms with van der Waals surface area (Å²) in [7, 11) is 0. The van der Waals surface area contributed by atoms with Gasteiger partial charge in [0, 0.05) is 18.7 Å². The SMILES string of the molecule is Cc1ccc(C(=O)NC(=S)N(CCC#N)Cc2ccccc2)cc1. The average Bonchev–Trinajstić information content (AvgIpc) is 2.60. The summed E-state index contributed by atoms with van der Waals surface area (Å²) >= 11 is 5.37. The molecule has 2 aromatic rings. The molecule has 24 heavy (non-hydrogen) atoms. The average molecular weight is 337 g/mol. The van der Waals surface area contributed by atoms with Gasteiger partial charge >= 0.3 is 0 Å². The molecule has 0 atom stereocenters. The molecule has 5 heteroatoms. The molecule has 0 aliphatic heterocycles. The van der Waals surface area contributed by atoms with Crippen molar-refractivity contribution in [1.29, 1.82) is 5.26 Å². The first-order valence-electron chi connectivity index (χ1n) is 7.68. The second-order valence-corrected chi connectivity index (χ2v) is 5.83. The molecule has 0 unspecified atom stereocenters. The van der Waals surface area contributed by atoms with E-state index in [0.29, 0.717) is 30.2 Å². The second-order valence-electron chi connectivity index (χ2n) is 5.44. The minimum absolute atomic E-state index is 0.241. The van der Waals surface area contributed by atoms with Gasteiger partial charge in [-0.2, -0.15) is 5.26 Å². The van der Waals surface area contributed by atoms with Crippen LogP contribution in [0, 0.1) is 18.3 Å². The van der Waals surface area contributed by atoms with Crippen molar-refractivity contribution in [2.45, 2.75) is 19.9 Å². The van der Waals surface area contributed by atoms with Crippen LogP contribution in [0.4, 0.5) is 0 Å². The number of nitrogens with zero attached hydrogens (tertiary/aromatic N) is 2. The zero-order valence-electron chi connectivity index (χ0n) is 13.5. The van der Waals surface area contributed by atoms with Crippen LogP contribution in [0.25, 0.3) is 0 Å². The predicted molar refractivity (Wildman–Crippen MR) is 98.3 cm³/mol. The molecule has 0 bridgehead atoms. The number of nitriles is 1. The van der Waals surface area contributed by atoms with Gasteiger partial charge in [-0.1, -0.05) is 48.0 Å². The highest BCUT2D eigenvalue weighted by Gasteiger charge is 2.14. The van der Waals surface area contributed by atoms with E-state index in [1.165, 1.54) is 0 Å². The van der Waals surface area contributed by atoms with E-state index in [1.807, 2.05) is 54.3 Å². The van der Waals surface area contributed by atoms with Gasteiger partial charge in [0.25, 0.3) is 5.91 Å². The molecular weight excluding hydrogens is 318 g/mol.